The summed E-state index contributed by atoms with van der Waals surface area (Å²) in [6.45, 7) is 0.174. The first-order valence-electron chi connectivity index (χ1n) is 2.78. The Kier molecular flexibility index (Phi) is 4.95. The van der Waals surface area contributed by atoms with Crippen LogP contribution < -0.4 is 5.73 Å². The smallest absolute Gasteiger partial charge is 0.0582 e. The Hall–Kier alpha value is -0.120. The zero-order valence-corrected chi connectivity index (χ0v) is 4.88. The van der Waals surface area contributed by atoms with Gasteiger partial charge in [0.25, 0.3) is 0 Å². The molecule has 0 unspecified atom stereocenters. The third kappa shape index (κ3) is 4.05. The van der Waals surface area contributed by atoms with Gasteiger partial charge in [-0.2, -0.15) is 0 Å². The fourth-order valence-electron chi connectivity index (χ4n) is 0.445. The van der Waals surface area contributed by atoms with E-state index in [0.29, 0.717) is 12.8 Å². The number of rotatable bonds is 4. The van der Waals surface area contributed by atoms with E-state index in [9.17, 15) is 0 Å². The Labute approximate surface area is 49.1 Å². The molecular weight excluding hydrogens is 106 g/mol. The van der Waals surface area contributed by atoms with Crippen LogP contribution in [0.2, 0.25) is 0 Å². The van der Waals surface area contributed by atoms with Crippen LogP contribution in [-0.2, 0) is 0 Å². The van der Waals surface area contributed by atoms with Gasteiger partial charge in [-0.1, -0.05) is 0 Å². The van der Waals surface area contributed by atoms with Crippen molar-refractivity contribution < 1.29 is 10.2 Å². The van der Waals surface area contributed by atoms with Crippen molar-refractivity contribution in [2.45, 2.75) is 18.9 Å². The van der Waals surface area contributed by atoms with Gasteiger partial charge in [0, 0.05) is 12.6 Å². The number of hydrogen-bond acceptors (Lipinski definition) is 3. The van der Waals surface area contributed by atoms with Crippen LogP contribution in [0.4, 0.5) is 0 Å². The molecule has 0 aromatic heterocycles. The molecule has 0 radical (unpaired) electrons. The van der Waals surface area contributed by atoms with Crippen molar-refractivity contribution in [3.8, 4) is 0 Å². The molecule has 0 aromatic carbocycles. The van der Waals surface area contributed by atoms with Gasteiger partial charge in [-0.3, -0.25) is 0 Å². The molecule has 8 heavy (non-hydrogen) atoms. The third-order valence-corrected chi connectivity index (χ3v) is 0.968. The monoisotopic (exact) mass is 119 g/mol. The average Bonchev–Trinajstić information content (AvgIpc) is 1.83. The second-order valence-corrected chi connectivity index (χ2v) is 1.81. The van der Waals surface area contributed by atoms with Crippen LogP contribution in [-0.4, -0.2) is 29.5 Å². The van der Waals surface area contributed by atoms with E-state index in [1.54, 1.807) is 0 Å². The van der Waals surface area contributed by atoms with Crippen LogP contribution in [0.1, 0.15) is 12.8 Å². The van der Waals surface area contributed by atoms with Crippen molar-refractivity contribution in [2.75, 3.05) is 13.2 Å². The number of nitrogens with two attached hydrogens (primary N) is 1. The molecule has 0 heterocycles. The molecule has 0 aliphatic carbocycles. The van der Waals surface area contributed by atoms with Crippen molar-refractivity contribution in [3.05, 3.63) is 0 Å². The van der Waals surface area contributed by atoms with Gasteiger partial charge in [0.1, 0.15) is 0 Å². The van der Waals surface area contributed by atoms with Gasteiger partial charge in [-0.05, 0) is 12.8 Å². The summed E-state index contributed by atoms with van der Waals surface area (Å²) in [6.07, 6.45) is 1.38. The molecular formula is C5H13NO2. The van der Waals surface area contributed by atoms with Crippen LogP contribution in [0.3, 0.4) is 0 Å². The minimum atomic E-state index is -0.151. The first kappa shape index (κ1) is 7.88. The van der Waals surface area contributed by atoms with Gasteiger partial charge in [0.15, 0.2) is 0 Å². The summed E-state index contributed by atoms with van der Waals surface area (Å²) in [5.41, 5.74) is 5.30. The molecule has 0 aliphatic heterocycles. The van der Waals surface area contributed by atoms with Crippen LogP contribution in [0.5, 0.6) is 0 Å². The lowest BCUT2D eigenvalue weighted by Gasteiger charge is -2.03. The maximum atomic E-state index is 8.35. The Morgan fingerprint density at radius 3 is 2.38 bits per heavy atom. The Morgan fingerprint density at radius 2 is 2.00 bits per heavy atom. The van der Waals surface area contributed by atoms with Gasteiger partial charge >= 0.3 is 0 Å². The summed E-state index contributed by atoms with van der Waals surface area (Å²) in [5.74, 6) is 0. The topological polar surface area (TPSA) is 66.5 Å². The molecule has 1 atom stereocenters. The molecule has 0 saturated carbocycles. The molecule has 0 aliphatic rings. The largest absolute Gasteiger partial charge is 0.396 e. The van der Waals surface area contributed by atoms with Gasteiger partial charge in [-0.15, -0.1) is 0 Å². The Morgan fingerprint density at radius 1 is 1.38 bits per heavy atom. The molecule has 0 fully saturated rings. The Balaban J connectivity index is 2.86. The molecule has 0 aromatic rings. The highest BCUT2D eigenvalue weighted by atomic mass is 16.3. The van der Waals surface area contributed by atoms with E-state index < -0.39 is 0 Å². The molecule has 0 spiro atoms. The minimum absolute atomic E-state index is 0.0139. The summed E-state index contributed by atoms with van der Waals surface area (Å²) in [6, 6.07) is -0.151. The average molecular weight is 119 g/mol. The van der Waals surface area contributed by atoms with Crippen molar-refractivity contribution in [2.24, 2.45) is 5.73 Å². The molecule has 0 bridgehead atoms. The normalized spacial score (nSPS) is 13.9. The van der Waals surface area contributed by atoms with Crippen LogP contribution in [0, 0.1) is 0 Å². The molecule has 0 amide bonds. The number of aliphatic hydroxyl groups is 2. The van der Waals surface area contributed by atoms with E-state index in [-0.39, 0.29) is 19.3 Å². The zero-order valence-electron chi connectivity index (χ0n) is 4.88. The Bertz CT molecular complexity index is 49.7. The van der Waals surface area contributed by atoms with Gasteiger partial charge in [0.2, 0.25) is 0 Å². The highest BCUT2D eigenvalue weighted by Crippen LogP contribution is 1.90. The highest BCUT2D eigenvalue weighted by Gasteiger charge is 1.96. The fraction of sp³-hybridized carbons (Fsp3) is 1.00. The molecule has 50 valence electrons. The van der Waals surface area contributed by atoms with Crippen molar-refractivity contribution in [1.82, 2.24) is 0 Å². The molecule has 4 N–H and O–H groups in total. The van der Waals surface area contributed by atoms with Gasteiger partial charge in [0.05, 0.1) is 6.61 Å². The highest BCUT2D eigenvalue weighted by molar-refractivity contribution is 4.56. The minimum Gasteiger partial charge on any atom is -0.396 e. The quantitative estimate of drug-likeness (QED) is 0.448. The lowest BCUT2D eigenvalue weighted by Crippen LogP contribution is -2.24. The second-order valence-electron chi connectivity index (χ2n) is 1.81. The lowest BCUT2D eigenvalue weighted by atomic mass is 10.2. The molecule has 0 rings (SSSR count). The van der Waals surface area contributed by atoms with E-state index in [1.165, 1.54) is 0 Å². The van der Waals surface area contributed by atoms with E-state index in [0.717, 1.165) is 0 Å². The number of hydrogen-bond donors (Lipinski definition) is 3. The maximum absolute atomic E-state index is 8.35. The molecule has 3 nitrogen and oxygen atoms in total. The molecule has 3 heteroatoms. The van der Waals surface area contributed by atoms with E-state index in [2.05, 4.69) is 0 Å². The molecule has 0 saturated heterocycles. The standard InChI is InChI=1S/C5H13NO2/c6-5(4-8)2-1-3-7/h5,7-8H,1-4,6H2/t5-/m1/s1. The number of aliphatic hydroxyl groups excluding tert-OH is 2. The van der Waals surface area contributed by atoms with Crippen LogP contribution >= 0.6 is 0 Å². The van der Waals surface area contributed by atoms with Crippen molar-refractivity contribution in [3.63, 3.8) is 0 Å². The summed E-state index contributed by atoms with van der Waals surface area (Å²) >= 11 is 0. The summed E-state index contributed by atoms with van der Waals surface area (Å²) in [5, 5.41) is 16.6. The first-order valence-corrected chi connectivity index (χ1v) is 2.78. The lowest BCUT2D eigenvalue weighted by molar-refractivity contribution is 0.238. The van der Waals surface area contributed by atoms with Gasteiger partial charge < -0.3 is 15.9 Å². The first-order chi connectivity index (χ1) is 3.81. The van der Waals surface area contributed by atoms with Gasteiger partial charge in [-0.25, -0.2) is 0 Å². The van der Waals surface area contributed by atoms with E-state index in [1.807, 2.05) is 0 Å². The predicted molar refractivity (Wildman–Crippen MR) is 31.4 cm³/mol. The predicted octanol–water partition coefficient (Wildman–Crippen LogP) is -0.922. The van der Waals surface area contributed by atoms with Crippen molar-refractivity contribution in [1.29, 1.82) is 0 Å². The fourth-order valence-corrected chi connectivity index (χ4v) is 0.445. The summed E-state index contributed by atoms with van der Waals surface area (Å²) < 4.78 is 0. The second kappa shape index (κ2) is 5.03. The van der Waals surface area contributed by atoms with Crippen molar-refractivity contribution >= 4 is 0 Å². The van der Waals surface area contributed by atoms with Crippen LogP contribution in [0.15, 0.2) is 0 Å². The zero-order chi connectivity index (χ0) is 6.41. The third-order valence-electron chi connectivity index (χ3n) is 0.968. The summed E-state index contributed by atoms with van der Waals surface area (Å²) in [7, 11) is 0. The van der Waals surface area contributed by atoms with E-state index in [4.69, 9.17) is 15.9 Å². The maximum Gasteiger partial charge on any atom is 0.0582 e. The van der Waals surface area contributed by atoms with E-state index >= 15 is 0 Å². The summed E-state index contributed by atoms with van der Waals surface area (Å²) in [4.78, 5) is 0. The van der Waals surface area contributed by atoms with Crippen LogP contribution in [0.25, 0.3) is 0 Å². The SMILES string of the molecule is N[C@@H](CO)CCCO.